The summed E-state index contributed by atoms with van der Waals surface area (Å²) in [7, 11) is 3.28. The van der Waals surface area contributed by atoms with Gasteiger partial charge in [0.25, 0.3) is 0 Å². The van der Waals surface area contributed by atoms with Crippen LogP contribution >= 0.6 is 0 Å². The highest BCUT2D eigenvalue weighted by molar-refractivity contribution is 5.47. The summed E-state index contributed by atoms with van der Waals surface area (Å²) in [4.78, 5) is 12.1. The second kappa shape index (κ2) is 3.87. The van der Waals surface area contributed by atoms with Gasteiger partial charge in [0.15, 0.2) is 5.79 Å². The third-order valence-corrected chi connectivity index (χ3v) is 2.45. The van der Waals surface area contributed by atoms with Crippen molar-refractivity contribution in [1.29, 1.82) is 0 Å². The normalized spacial score (nSPS) is 22.3. The molecule has 1 amide bonds. The van der Waals surface area contributed by atoms with E-state index in [1.165, 1.54) is 0 Å². The molecule has 4 heteroatoms. The molecule has 1 aliphatic rings. The fourth-order valence-corrected chi connectivity index (χ4v) is 1.46. The molecule has 0 aromatic carbocycles. The van der Waals surface area contributed by atoms with Crippen molar-refractivity contribution in [2.45, 2.75) is 18.6 Å². The Labute approximate surface area is 72.4 Å². The first-order valence-corrected chi connectivity index (χ1v) is 4.06. The van der Waals surface area contributed by atoms with Crippen molar-refractivity contribution in [3.63, 3.8) is 0 Å². The zero-order valence-electron chi connectivity index (χ0n) is 7.58. The third-order valence-electron chi connectivity index (χ3n) is 2.45. The van der Waals surface area contributed by atoms with Gasteiger partial charge < -0.3 is 14.4 Å². The molecule has 0 aromatic heterocycles. The second-order valence-corrected chi connectivity index (χ2v) is 2.96. The van der Waals surface area contributed by atoms with Crippen LogP contribution in [0.3, 0.4) is 0 Å². The van der Waals surface area contributed by atoms with Crippen LogP contribution in [0.15, 0.2) is 0 Å². The lowest BCUT2D eigenvalue weighted by atomic mass is 10.0. The Morgan fingerprint density at radius 1 is 1.25 bits per heavy atom. The molecule has 0 bridgehead atoms. The smallest absolute Gasteiger partial charge is 0.209 e. The highest BCUT2D eigenvalue weighted by Crippen LogP contribution is 2.25. The maximum atomic E-state index is 10.4. The molecule has 1 heterocycles. The van der Waals surface area contributed by atoms with Crippen LogP contribution in [-0.2, 0) is 14.3 Å². The molecule has 1 aliphatic heterocycles. The second-order valence-electron chi connectivity index (χ2n) is 2.96. The molecule has 0 aromatic rings. The minimum absolute atomic E-state index is 0.459. The predicted molar refractivity (Wildman–Crippen MR) is 43.6 cm³/mol. The van der Waals surface area contributed by atoms with Crippen LogP contribution in [-0.4, -0.2) is 44.4 Å². The van der Waals surface area contributed by atoms with E-state index < -0.39 is 5.79 Å². The molecule has 1 rings (SSSR count). The molecule has 0 radical (unpaired) electrons. The number of nitrogens with zero attached hydrogens (tertiary/aromatic N) is 1. The number of amides is 1. The molecule has 70 valence electrons. The Balaban J connectivity index is 2.47. The monoisotopic (exact) mass is 173 g/mol. The number of likely N-dealkylation sites (tertiary alicyclic amines) is 1. The minimum atomic E-state index is -0.459. The van der Waals surface area contributed by atoms with Gasteiger partial charge in [-0.2, -0.15) is 0 Å². The lowest BCUT2D eigenvalue weighted by Crippen LogP contribution is -2.46. The highest BCUT2D eigenvalue weighted by Gasteiger charge is 2.33. The van der Waals surface area contributed by atoms with E-state index in [0.29, 0.717) is 13.1 Å². The van der Waals surface area contributed by atoms with Crippen molar-refractivity contribution < 1.29 is 14.3 Å². The summed E-state index contributed by atoms with van der Waals surface area (Å²) >= 11 is 0. The van der Waals surface area contributed by atoms with Gasteiger partial charge in [0.05, 0.1) is 0 Å². The molecule has 1 fully saturated rings. The van der Waals surface area contributed by atoms with E-state index >= 15 is 0 Å². The molecule has 0 spiro atoms. The number of carbonyl (C=O) groups is 1. The van der Waals surface area contributed by atoms with Gasteiger partial charge in [-0.15, -0.1) is 0 Å². The number of ether oxygens (including phenoxy) is 2. The Bertz CT molecular complexity index is 146. The van der Waals surface area contributed by atoms with Gasteiger partial charge in [-0.3, -0.25) is 4.79 Å². The van der Waals surface area contributed by atoms with Gasteiger partial charge in [-0.1, -0.05) is 0 Å². The molecule has 0 aliphatic carbocycles. The molecule has 0 atom stereocenters. The molecule has 12 heavy (non-hydrogen) atoms. The zero-order valence-corrected chi connectivity index (χ0v) is 7.58. The van der Waals surface area contributed by atoms with Crippen molar-refractivity contribution in [3.8, 4) is 0 Å². The average Bonchev–Trinajstić information content (AvgIpc) is 2.18. The summed E-state index contributed by atoms with van der Waals surface area (Å²) in [5.41, 5.74) is 0. The van der Waals surface area contributed by atoms with E-state index in [2.05, 4.69) is 0 Å². The Hall–Kier alpha value is -0.610. The maximum absolute atomic E-state index is 10.4. The summed E-state index contributed by atoms with van der Waals surface area (Å²) in [5.74, 6) is -0.459. The van der Waals surface area contributed by atoms with Gasteiger partial charge in [0.1, 0.15) is 0 Å². The lowest BCUT2D eigenvalue weighted by Gasteiger charge is -2.38. The number of carbonyl (C=O) groups excluding carboxylic acids is 1. The van der Waals surface area contributed by atoms with Crippen molar-refractivity contribution in [2.75, 3.05) is 27.3 Å². The SMILES string of the molecule is COC1(OC)CCN(C=O)CC1. The lowest BCUT2D eigenvalue weighted by molar-refractivity contribution is -0.227. The number of rotatable bonds is 3. The number of piperidine rings is 1. The number of hydrogen-bond donors (Lipinski definition) is 0. The maximum Gasteiger partial charge on any atom is 0.209 e. The van der Waals surface area contributed by atoms with Gasteiger partial charge in [-0.05, 0) is 0 Å². The predicted octanol–water partition coefficient (Wildman–Crippen LogP) is 0.228. The van der Waals surface area contributed by atoms with E-state index in [0.717, 1.165) is 19.3 Å². The molecule has 0 saturated carbocycles. The van der Waals surface area contributed by atoms with Crippen molar-refractivity contribution in [1.82, 2.24) is 4.90 Å². The first-order chi connectivity index (χ1) is 5.76. The van der Waals surface area contributed by atoms with Crippen LogP contribution in [0.5, 0.6) is 0 Å². The molecule has 0 N–H and O–H groups in total. The molecule has 0 unspecified atom stereocenters. The summed E-state index contributed by atoms with van der Waals surface area (Å²) < 4.78 is 10.5. The summed E-state index contributed by atoms with van der Waals surface area (Å²) in [6.07, 6.45) is 2.37. The summed E-state index contributed by atoms with van der Waals surface area (Å²) in [5, 5.41) is 0. The topological polar surface area (TPSA) is 38.8 Å². The average molecular weight is 173 g/mol. The van der Waals surface area contributed by atoms with E-state index in [4.69, 9.17) is 9.47 Å². The van der Waals surface area contributed by atoms with Crippen LogP contribution in [0.2, 0.25) is 0 Å². The standard InChI is InChI=1S/C8H15NO3/c1-11-8(12-2)3-5-9(7-10)6-4-8/h7H,3-6H2,1-2H3. The number of methoxy groups -OCH3 is 2. The molecule has 4 nitrogen and oxygen atoms in total. The minimum Gasteiger partial charge on any atom is -0.353 e. The van der Waals surface area contributed by atoms with Crippen LogP contribution in [0.25, 0.3) is 0 Å². The third kappa shape index (κ3) is 1.76. The zero-order chi connectivity index (χ0) is 9.03. The Morgan fingerprint density at radius 2 is 1.75 bits per heavy atom. The van der Waals surface area contributed by atoms with E-state index in [9.17, 15) is 4.79 Å². The van der Waals surface area contributed by atoms with Crippen molar-refractivity contribution in [2.24, 2.45) is 0 Å². The largest absolute Gasteiger partial charge is 0.353 e. The highest BCUT2D eigenvalue weighted by atomic mass is 16.7. The van der Waals surface area contributed by atoms with Gasteiger partial charge >= 0.3 is 0 Å². The molecular weight excluding hydrogens is 158 g/mol. The van der Waals surface area contributed by atoms with Crippen molar-refractivity contribution >= 4 is 6.41 Å². The molecular formula is C8H15NO3. The van der Waals surface area contributed by atoms with Crippen LogP contribution < -0.4 is 0 Å². The van der Waals surface area contributed by atoms with E-state index in [1.807, 2.05) is 0 Å². The van der Waals surface area contributed by atoms with Gasteiger partial charge in [0, 0.05) is 40.2 Å². The fourth-order valence-electron chi connectivity index (χ4n) is 1.46. The first kappa shape index (κ1) is 9.48. The summed E-state index contributed by atoms with van der Waals surface area (Å²) in [6.45, 7) is 1.43. The van der Waals surface area contributed by atoms with Gasteiger partial charge in [0.2, 0.25) is 6.41 Å². The van der Waals surface area contributed by atoms with Crippen LogP contribution in [0.4, 0.5) is 0 Å². The quantitative estimate of drug-likeness (QED) is 0.453. The fraction of sp³-hybridized carbons (Fsp3) is 0.875. The number of hydrogen-bond acceptors (Lipinski definition) is 3. The van der Waals surface area contributed by atoms with Gasteiger partial charge in [-0.25, -0.2) is 0 Å². The van der Waals surface area contributed by atoms with Crippen molar-refractivity contribution in [3.05, 3.63) is 0 Å². The summed E-state index contributed by atoms with van der Waals surface area (Å²) in [6, 6.07) is 0. The Kier molecular flexibility index (Phi) is 3.05. The van der Waals surface area contributed by atoms with Crippen LogP contribution in [0, 0.1) is 0 Å². The Morgan fingerprint density at radius 3 is 2.08 bits per heavy atom. The van der Waals surface area contributed by atoms with E-state index in [1.54, 1.807) is 19.1 Å². The first-order valence-electron chi connectivity index (χ1n) is 4.06. The van der Waals surface area contributed by atoms with Crippen LogP contribution in [0.1, 0.15) is 12.8 Å². The molecule has 1 saturated heterocycles. The van der Waals surface area contributed by atoms with E-state index in [-0.39, 0.29) is 0 Å².